The van der Waals surface area contributed by atoms with Crippen molar-refractivity contribution in [2.24, 2.45) is 0 Å². The number of nitrogens with one attached hydrogen (secondary N) is 2. The number of hydrogen-bond acceptors (Lipinski definition) is 8. The molecular weight excluding hydrogens is 446 g/mol. The van der Waals surface area contributed by atoms with E-state index in [1.165, 1.54) is 12.3 Å². The fourth-order valence-corrected chi connectivity index (χ4v) is 4.00. The van der Waals surface area contributed by atoms with E-state index >= 15 is 0 Å². The third-order valence-electron chi connectivity index (χ3n) is 4.76. The second kappa shape index (κ2) is 8.61. The highest BCUT2D eigenvalue weighted by Crippen LogP contribution is 2.26. The summed E-state index contributed by atoms with van der Waals surface area (Å²) < 4.78 is 26.0. The molecule has 4 rings (SSSR count). The van der Waals surface area contributed by atoms with Crippen molar-refractivity contribution in [3.05, 3.63) is 41.0 Å². The Bertz CT molecular complexity index is 1170. The zero-order chi connectivity index (χ0) is 22.0. The third-order valence-corrected chi connectivity index (χ3v) is 5.66. The van der Waals surface area contributed by atoms with Gasteiger partial charge in [-0.25, -0.2) is 18.3 Å². The first-order chi connectivity index (χ1) is 14.8. The maximum Gasteiger partial charge on any atom is 0.344 e. The lowest BCUT2D eigenvalue weighted by atomic mass is 10.1. The number of aromatic nitrogens is 6. The van der Waals surface area contributed by atoms with Gasteiger partial charge in [0.15, 0.2) is 11.6 Å². The topological polar surface area (TPSA) is 142 Å². The number of sulfonamides is 1. The molecule has 164 valence electrons. The molecule has 3 heterocycles. The van der Waals surface area contributed by atoms with Gasteiger partial charge in [0.2, 0.25) is 10.0 Å². The molecule has 0 aliphatic carbocycles. The van der Waals surface area contributed by atoms with Crippen LogP contribution in [0.1, 0.15) is 5.56 Å². The van der Waals surface area contributed by atoms with Crippen molar-refractivity contribution in [2.45, 2.75) is 6.54 Å². The highest BCUT2D eigenvalue weighted by molar-refractivity contribution is 7.92. The number of nitrogens with zero attached hydrogens (tertiary/aromatic N) is 7. The van der Waals surface area contributed by atoms with Gasteiger partial charge in [-0.1, -0.05) is 17.7 Å². The van der Waals surface area contributed by atoms with Crippen LogP contribution in [0, 0.1) is 0 Å². The number of amides is 1. The van der Waals surface area contributed by atoms with Crippen molar-refractivity contribution in [3.63, 3.8) is 0 Å². The number of piperazine rings is 1. The largest absolute Gasteiger partial charge is 0.344 e. The number of carbonyl (C=O) groups is 1. The highest BCUT2D eigenvalue weighted by atomic mass is 35.5. The molecule has 0 radical (unpaired) electrons. The number of anilines is 1. The van der Waals surface area contributed by atoms with Crippen LogP contribution in [0.2, 0.25) is 5.02 Å². The molecule has 31 heavy (non-hydrogen) atoms. The summed E-state index contributed by atoms with van der Waals surface area (Å²) in [5.74, 6) is 0.612. The molecule has 1 amide bonds. The molecule has 12 nitrogen and oxygen atoms in total. The van der Waals surface area contributed by atoms with Gasteiger partial charge in [-0.05, 0) is 28.1 Å². The predicted molar refractivity (Wildman–Crippen MR) is 113 cm³/mol. The van der Waals surface area contributed by atoms with Gasteiger partial charge in [0, 0.05) is 50.6 Å². The SMILES string of the molecule is CS(=O)(=O)Nc1ccn(C(=O)N2CCN(Cc3ccc(Cl)c(-c4nnn[nH]4)c3)CC2)n1. The maximum atomic E-state index is 12.7. The number of H-pyrrole nitrogens is 1. The summed E-state index contributed by atoms with van der Waals surface area (Å²) in [6, 6.07) is 6.86. The zero-order valence-electron chi connectivity index (χ0n) is 16.6. The summed E-state index contributed by atoms with van der Waals surface area (Å²) in [4.78, 5) is 16.6. The minimum Gasteiger partial charge on any atom is -0.320 e. The number of tetrazole rings is 1. The minimum absolute atomic E-state index is 0.106. The summed E-state index contributed by atoms with van der Waals surface area (Å²) in [7, 11) is -3.45. The van der Waals surface area contributed by atoms with Crippen molar-refractivity contribution in [1.82, 2.24) is 40.2 Å². The Hall–Kier alpha value is -3.03. The Balaban J connectivity index is 1.35. The van der Waals surface area contributed by atoms with Crippen molar-refractivity contribution in [2.75, 3.05) is 37.2 Å². The number of hydrogen-bond donors (Lipinski definition) is 2. The molecule has 1 fully saturated rings. The predicted octanol–water partition coefficient (Wildman–Crippen LogP) is 0.874. The first-order valence-corrected chi connectivity index (χ1v) is 11.6. The van der Waals surface area contributed by atoms with Crippen molar-refractivity contribution >= 4 is 33.5 Å². The van der Waals surface area contributed by atoms with Crippen molar-refractivity contribution in [1.29, 1.82) is 0 Å². The van der Waals surface area contributed by atoms with Crippen molar-refractivity contribution < 1.29 is 13.2 Å². The summed E-state index contributed by atoms with van der Waals surface area (Å²) in [5, 5.41) is 18.3. The number of aromatic amines is 1. The Labute approximate surface area is 183 Å². The fourth-order valence-electron chi connectivity index (χ4n) is 3.30. The van der Waals surface area contributed by atoms with Crippen LogP contribution in [0.25, 0.3) is 11.4 Å². The standard InChI is InChI=1S/C17H20ClN9O3S/c1-31(29,30)22-15-4-5-27(21-15)17(28)26-8-6-25(7-9-26)11-12-2-3-14(18)13(10-12)16-19-23-24-20-16/h2-5,10H,6-9,11H2,1H3,(H,21,22)(H,19,20,23,24). The highest BCUT2D eigenvalue weighted by Gasteiger charge is 2.23. The molecule has 0 atom stereocenters. The van der Waals surface area contributed by atoms with Crippen LogP contribution in [-0.2, 0) is 16.6 Å². The summed E-state index contributed by atoms with van der Waals surface area (Å²) in [6.07, 6.45) is 2.47. The summed E-state index contributed by atoms with van der Waals surface area (Å²) >= 11 is 6.26. The van der Waals surface area contributed by atoms with Gasteiger partial charge < -0.3 is 4.90 Å². The van der Waals surface area contributed by atoms with Crippen LogP contribution >= 0.6 is 11.6 Å². The Morgan fingerprint density at radius 3 is 2.68 bits per heavy atom. The summed E-state index contributed by atoms with van der Waals surface area (Å²) in [5.41, 5.74) is 1.79. The third kappa shape index (κ3) is 5.18. The molecular formula is C17H20ClN9O3S. The van der Waals surface area contributed by atoms with E-state index in [2.05, 4.69) is 35.3 Å². The minimum atomic E-state index is -3.45. The first-order valence-electron chi connectivity index (χ1n) is 9.36. The van der Waals surface area contributed by atoms with Gasteiger partial charge in [-0.15, -0.1) is 10.2 Å². The van der Waals surface area contributed by atoms with Crippen molar-refractivity contribution in [3.8, 4) is 11.4 Å². The molecule has 1 aliphatic heterocycles. The molecule has 1 aromatic carbocycles. The average molecular weight is 466 g/mol. The average Bonchev–Trinajstić information content (AvgIpc) is 3.40. The monoisotopic (exact) mass is 465 g/mol. The van der Waals surface area contributed by atoms with Crippen LogP contribution in [-0.4, -0.2) is 87.1 Å². The number of benzene rings is 1. The van der Waals surface area contributed by atoms with Gasteiger partial charge in [-0.3, -0.25) is 9.62 Å². The second-order valence-corrected chi connectivity index (χ2v) is 9.29. The molecule has 0 bridgehead atoms. The molecule has 1 aliphatic rings. The maximum absolute atomic E-state index is 12.7. The lowest BCUT2D eigenvalue weighted by Crippen LogP contribution is -2.49. The molecule has 1 saturated heterocycles. The quantitative estimate of drug-likeness (QED) is 0.565. The number of carbonyl (C=O) groups excluding carboxylic acids is 1. The van der Waals surface area contributed by atoms with Gasteiger partial charge in [0.1, 0.15) is 0 Å². The fraction of sp³-hybridized carbons (Fsp3) is 0.353. The lowest BCUT2D eigenvalue weighted by molar-refractivity contribution is 0.134. The molecule has 2 N–H and O–H groups in total. The molecule has 0 unspecified atom stereocenters. The van der Waals surface area contributed by atoms with Crippen LogP contribution in [0.5, 0.6) is 0 Å². The van der Waals surface area contributed by atoms with Crippen LogP contribution < -0.4 is 4.72 Å². The smallest absolute Gasteiger partial charge is 0.320 e. The van der Waals surface area contributed by atoms with E-state index in [-0.39, 0.29) is 11.8 Å². The van der Waals surface area contributed by atoms with Gasteiger partial charge >= 0.3 is 6.03 Å². The van der Waals surface area contributed by atoms with Crippen LogP contribution in [0.4, 0.5) is 10.6 Å². The van der Waals surface area contributed by atoms with E-state index in [0.717, 1.165) is 22.1 Å². The number of rotatable bonds is 5. The Morgan fingerprint density at radius 2 is 2.00 bits per heavy atom. The van der Waals surface area contributed by atoms with E-state index in [1.54, 1.807) is 4.90 Å². The van der Waals surface area contributed by atoms with Crippen LogP contribution in [0.15, 0.2) is 30.5 Å². The van der Waals surface area contributed by atoms with Crippen LogP contribution in [0.3, 0.4) is 0 Å². The zero-order valence-corrected chi connectivity index (χ0v) is 18.1. The lowest BCUT2D eigenvalue weighted by Gasteiger charge is -2.34. The Kier molecular flexibility index (Phi) is 5.89. The first kappa shape index (κ1) is 21.2. The van der Waals surface area contributed by atoms with E-state index in [9.17, 15) is 13.2 Å². The Morgan fingerprint density at radius 1 is 1.23 bits per heavy atom. The normalized spacial score (nSPS) is 15.2. The molecule has 14 heteroatoms. The van der Waals surface area contributed by atoms with E-state index in [4.69, 9.17) is 11.6 Å². The summed E-state index contributed by atoms with van der Waals surface area (Å²) in [6.45, 7) is 3.12. The van der Waals surface area contributed by atoms with E-state index < -0.39 is 10.0 Å². The van der Waals surface area contributed by atoms with Gasteiger partial charge in [-0.2, -0.15) is 4.68 Å². The van der Waals surface area contributed by atoms with E-state index in [0.29, 0.717) is 43.6 Å². The van der Waals surface area contributed by atoms with Gasteiger partial charge in [0.05, 0.1) is 11.3 Å². The number of halogens is 1. The molecule has 0 spiro atoms. The van der Waals surface area contributed by atoms with E-state index in [1.807, 2.05) is 18.2 Å². The second-order valence-electron chi connectivity index (χ2n) is 7.13. The molecule has 3 aromatic rings. The van der Waals surface area contributed by atoms with Gasteiger partial charge in [0.25, 0.3) is 0 Å². The molecule has 0 saturated carbocycles. The molecule has 2 aromatic heterocycles.